The molecule has 0 bridgehead atoms. The number of hydrogen-bond donors (Lipinski definition) is 3. The third-order valence-corrected chi connectivity index (χ3v) is 19.3. The van der Waals surface area contributed by atoms with Gasteiger partial charge in [-0.15, -0.1) is 0 Å². The first kappa shape index (κ1) is 89.6. The maximum Gasteiger partial charge on any atom is 0.305 e. The number of unbranched alkanes of at least 4 members (excludes halogenated alkanes) is 59. The first-order valence-corrected chi connectivity index (χ1v) is 41.6. The lowest BCUT2D eigenvalue weighted by atomic mass is 10.0. The molecule has 3 N–H and O–H groups in total. The second kappa shape index (κ2) is 81.0. The van der Waals surface area contributed by atoms with E-state index >= 15 is 0 Å². The van der Waals surface area contributed by atoms with Crippen molar-refractivity contribution in [2.45, 2.75) is 463 Å². The fourth-order valence-corrected chi connectivity index (χ4v) is 12.9. The van der Waals surface area contributed by atoms with E-state index in [2.05, 4.69) is 67.8 Å². The van der Waals surface area contributed by atoms with Crippen molar-refractivity contribution in [1.82, 2.24) is 5.32 Å². The molecule has 0 aromatic rings. The number of esters is 1. The van der Waals surface area contributed by atoms with Crippen LogP contribution in [0.4, 0.5) is 0 Å². The molecule has 0 saturated carbocycles. The van der Waals surface area contributed by atoms with Crippen molar-refractivity contribution in [2.24, 2.45) is 0 Å². The van der Waals surface area contributed by atoms with Gasteiger partial charge in [0.25, 0.3) is 0 Å². The van der Waals surface area contributed by atoms with Gasteiger partial charge in [0.05, 0.1) is 25.4 Å². The third kappa shape index (κ3) is 76.6. The van der Waals surface area contributed by atoms with Crippen LogP contribution >= 0.6 is 0 Å². The van der Waals surface area contributed by atoms with E-state index in [0.29, 0.717) is 19.4 Å². The largest absolute Gasteiger partial charge is 0.466 e. The Labute approximate surface area is 575 Å². The Morgan fingerprint density at radius 1 is 0.304 bits per heavy atom. The van der Waals surface area contributed by atoms with Crippen molar-refractivity contribution < 1.29 is 24.5 Å². The molecule has 0 aromatic carbocycles. The molecule has 0 aliphatic rings. The number of aliphatic hydroxyl groups is 2. The highest BCUT2D eigenvalue weighted by Gasteiger charge is 2.18. The maximum absolute atomic E-state index is 12.5. The number of carbonyl (C=O) groups is 2. The first-order chi connectivity index (χ1) is 45.5. The van der Waals surface area contributed by atoms with Crippen LogP contribution < -0.4 is 5.32 Å². The molecule has 0 aliphatic heterocycles. The molecule has 0 aromatic heterocycles. The summed E-state index contributed by atoms with van der Waals surface area (Å²) in [5.41, 5.74) is 0. The summed E-state index contributed by atoms with van der Waals surface area (Å²) in [5.74, 6) is -0.0484. The molecule has 0 heterocycles. The summed E-state index contributed by atoms with van der Waals surface area (Å²) in [7, 11) is 0. The highest BCUT2D eigenvalue weighted by Crippen LogP contribution is 2.19. The minimum absolute atomic E-state index is 0.0131. The van der Waals surface area contributed by atoms with E-state index in [4.69, 9.17) is 4.74 Å². The van der Waals surface area contributed by atoms with E-state index < -0.39 is 12.1 Å². The van der Waals surface area contributed by atoms with Gasteiger partial charge in [0.1, 0.15) is 0 Å². The highest BCUT2D eigenvalue weighted by molar-refractivity contribution is 5.76. The first-order valence-electron chi connectivity index (χ1n) is 41.6. The standard InChI is InChI=1S/C86H161NO5/c1-3-5-7-9-11-13-15-17-19-21-46-50-54-58-62-66-70-74-78-84(89)83(82-88)87-85(90)79-75-71-67-63-59-55-51-47-44-42-40-38-36-34-32-30-28-26-24-23-25-27-29-31-33-35-37-39-41-43-45-49-53-57-61-65-69-73-77-81-92-86(91)80-76-72-68-64-60-56-52-48-22-20-18-16-14-12-10-8-6-4-2/h14,16,20,22-24,27,29,74,78,83-84,88-89H,3-13,15,17-19,21,25-26,28,30-73,75-77,79-82H2,1-2H3,(H,87,90)/b16-14-,22-20-,24-23-,29-27-,78-74+. The topological polar surface area (TPSA) is 95.9 Å². The summed E-state index contributed by atoms with van der Waals surface area (Å²) in [4.78, 5) is 24.6. The lowest BCUT2D eigenvalue weighted by Crippen LogP contribution is -2.45. The SMILES string of the molecule is CCCCCC/C=C\C/C=C\CCCCCCCCCC(=O)OCCCCCCCCCCCCCCCCC/C=C\C/C=C\CCCCCCCCCCCCCCCCCCCC(=O)NC(CO)C(O)/C=C/CCCCCCCCCCCCCCCCCC. The summed E-state index contributed by atoms with van der Waals surface area (Å²) < 4.78 is 5.51. The number of hydrogen-bond acceptors (Lipinski definition) is 5. The van der Waals surface area contributed by atoms with Crippen molar-refractivity contribution >= 4 is 11.9 Å². The van der Waals surface area contributed by atoms with Gasteiger partial charge >= 0.3 is 5.97 Å². The molecule has 0 saturated heterocycles. The second-order valence-electron chi connectivity index (χ2n) is 28.4. The predicted molar refractivity (Wildman–Crippen MR) is 407 cm³/mol. The molecule has 540 valence electrons. The smallest absolute Gasteiger partial charge is 0.305 e. The molecule has 2 atom stereocenters. The molecule has 0 fully saturated rings. The summed E-state index contributed by atoms with van der Waals surface area (Å²) >= 11 is 0. The quantitative estimate of drug-likeness (QED) is 0.0320. The molecule has 0 aliphatic carbocycles. The number of allylic oxidation sites excluding steroid dienone is 9. The van der Waals surface area contributed by atoms with Gasteiger partial charge in [-0.2, -0.15) is 0 Å². The van der Waals surface area contributed by atoms with Crippen LogP contribution in [0.15, 0.2) is 60.8 Å². The minimum Gasteiger partial charge on any atom is -0.466 e. The van der Waals surface area contributed by atoms with Crippen molar-refractivity contribution in [2.75, 3.05) is 13.2 Å². The van der Waals surface area contributed by atoms with Gasteiger partial charge in [0.2, 0.25) is 5.91 Å². The van der Waals surface area contributed by atoms with Gasteiger partial charge in [0, 0.05) is 12.8 Å². The van der Waals surface area contributed by atoms with Crippen LogP contribution in [-0.2, 0) is 14.3 Å². The third-order valence-electron chi connectivity index (χ3n) is 19.3. The highest BCUT2D eigenvalue weighted by atomic mass is 16.5. The zero-order valence-corrected chi connectivity index (χ0v) is 62.0. The Balaban J connectivity index is 3.37. The lowest BCUT2D eigenvalue weighted by molar-refractivity contribution is -0.143. The maximum atomic E-state index is 12.5. The van der Waals surface area contributed by atoms with Crippen LogP contribution in [0.3, 0.4) is 0 Å². The average Bonchev–Trinajstić information content (AvgIpc) is 3.61. The molecule has 6 nitrogen and oxygen atoms in total. The fraction of sp³-hybridized carbons (Fsp3) is 0.860. The Hall–Kier alpha value is -2.44. The van der Waals surface area contributed by atoms with Crippen LogP contribution in [0.5, 0.6) is 0 Å². The normalized spacial score (nSPS) is 12.8. The molecular weight excluding hydrogens is 1130 g/mol. The van der Waals surface area contributed by atoms with E-state index in [9.17, 15) is 19.8 Å². The van der Waals surface area contributed by atoms with Gasteiger partial charge in [-0.05, 0) is 96.3 Å². The number of carbonyl (C=O) groups excluding carboxylic acids is 2. The van der Waals surface area contributed by atoms with E-state index in [1.54, 1.807) is 6.08 Å². The molecule has 0 spiro atoms. The van der Waals surface area contributed by atoms with Crippen molar-refractivity contribution in [3.8, 4) is 0 Å². The van der Waals surface area contributed by atoms with E-state index in [0.717, 1.165) is 57.8 Å². The summed E-state index contributed by atoms with van der Waals surface area (Å²) in [6.07, 6.45) is 109. The molecule has 6 heteroatoms. The van der Waals surface area contributed by atoms with Crippen molar-refractivity contribution in [1.29, 1.82) is 0 Å². The van der Waals surface area contributed by atoms with E-state index in [1.165, 1.54) is 366 Å². The Morgan fingerprint density at radius 2 is 0.543 bits per heavy atom. The van der Waals surface area contributed by atoms with Gasteiger partial charge in [0.15, 0.2) is 0 Å². The summed E-state index contributed by atoms with van der Waals surface area (Å²) in [5, 5.41) is 23.3. The van der Waals surface area contributed by atoms with Crippen molar-refractivity contribution in [3.63, 3.8) is 0 Å². The molecule has 92 heavy (non-hydrogen) atoms. The predicted octanol–water partition coefficient (Wildman–Crippen LogP) is 27.7. The van der Waals surface area contributed by atoms with E-state index in [-0.39, 0.29) is 18.5 Å². The molecule has 2 unspecified atom stereocenters. The van der Waals surface area contributed by atoms with Crippen LogP contribution in [0.25, 0.3) is 0 Å². The summed E-state index contributed by atoms with van der Waals surface area (Å²) in [6.45, 7) is 4.93. The second-order valence-corrected chi connectivity index (χ2v) is 28.4. The Morgan fingerprint density at radius 3 is 0.837 bits per heavy atom. The monoisotopic (exact) mass is 1290 g/mol. The minimum atomic E-state index is -0.844. The lowest BCUT2D eigenvalue weighted by Gasteiger charge is -2.20. The Kier molecular flexibility index (Phi) is 78.8. The zero-order valence-electron chi connectivity index (χ0n) is 62.0. The molecule has 0 radical (unpaired) electrons. The molecule has 1 amide bonds. The molecular formula is C86H161NO5. The van der Waals surface area contributed by atoms with Crippen LogP contribution in [0.1, 0.15) is 450 Å². The van der Waals surface area contributed by atoms with Gasteiger partial charge in [-0.1, -0.05) is 402 Å². The average molecular weight is 1290 g/mol. The summed E-state index contributed by atoms with van der Waals surface area (Å²) in [6, 6.07) is -0.627. The molecule has 0 rings (SSSR count). The van der Waals surface area contributed by atoms with Gasteiger partial charge in [-0.3, -0.25) is 9.59 Å². The van der Waals surface area contributed by atoms with Gasteiger partial charge < -0.3 is 20.3 Å². The van der Waals surface area contributed by atoms with Crippen LogP contribution in [0, 0.1) is 0 Å². The van der Waals surface area contributed by atoms with Crippen LogP contribution in [-0.4, -0.2) is 47.4 Å². The zero-order chi connectivity index (χ0) is 66.3. The number of amides is 1. The van der Waals surface area contributed by atoms with Crippen LogP contribution in [0.2, 0.25) is 0 Å². The number of nitrogens with one attached hydrogen (secondary N) is 1. The number of rotatable bonds is 78. The van der Waals surface area contributed by atoms with Crippen molar-refractivity contribution in [3.05, 3.63) is 60.8 Å². The fourth-order valence-electron chi connectivity index (χ4n) is 12.9. The number of aliphatic hydroxyl groups excluding tert-OH is 2. The Bertz CT molecular complexity index is 1580. The number of ether oxygens (including phenoxy) is 1. The van der Waals surface area contributed by atoms with Gasteiger partial charge in [-0.25, -0.2) is 0 Å². The van der Waals surface area contributed by atoms with E-state index in [1.807, 2.05) is 6.08 Å².